The first kappa shape index (κ1) is 19.4. The summed E-state index contributed by atoms with van der Waals surface area (Å²) in [5.74, 6) is -0.0832. The number of amides is 1. The van der Waals surface area contributed by atoms with E-state index in [2.05, 4.69) is 32.3 Å². The number of halogens is 1. The first-order valence-electron chi connectivity index (χ1n) is 8.27. The molecule has 3 aromatic rings. The van der Waals surface area contributed by atoms with Gasteiger partial charge in [0.15, 0.2) is 5.03 Å². The fourth-order valence-corrected chi connectivity index (χ4v) is 3.61. The second-order valence-electron chi connectivity index (χ2n) is 6.10. The summed E-state index contributed by atoms with van der Waals surface area (Å²) in [5, 5.41) is 3.10. The average molecular weight is 444 g/mol. The summed E-state index contributed by atoms with van der Waals surface area (Å²) in [6.45, 7) is 3.98. The van der Waals surface area contributed by atoms with Crippen LogP contribution in [0.25, 0.3) is 5.69 Å². The number of anilines is 1. The number of nitrogens with one attached hydrogen (secondary N) is 1. The molecule has 3 rings (SSSR count). The largest absolute Gasteiger partial charge is 0.325 e. The van der Waals surface area contributed by atoms with Crippen molar-refractivity contribution in [1.82, 2.24) is 9.55 Å². The van der Waals surface area contributed by atoms with Crippen LogP contribution in [-0.2, 0) is 4.79 Å². The summed E-state index contributed by atoms with van der Waals surface area (Å²) >= 11 is 4.48. The zero-order chi connectivity index (χ0) is 19.4. The third kappa shape index (κ3) is 5.08. The second kappa shape index (κ2) is 8.54. The molecule has 0 spiro atoms. The van der Waals surface area contributed by atoms with Crippen molar-refractivity contribution in [2.24, 2.45) is 0 Å². The zero-order valence-electron chi connectivity index (χ0n) is 14.9. The van der Waals surface area contributed by atoms with Gasteiger partial charge in [-0.25, -0.2) is 4.98 Å². The highest BCUT2D eigenvalue weighted by atomic mass is 79.9. The molecule has 0 bridgehead atoms. The number of aryl methyl sites for hydroxylation is 2. The molecule has 0 fully saturated rings. The van der Waals surface area contributed by atoms with Gasteiger partial charge in [0, 0.05) is 28.2 Å². The molecule has 7 heteroatoms. The van der Waals surface area contributed by atoms with Crippen molar-refractivity contribution in [3.8, 4) is 5.69 Å². The fraction of sp³-hybridized carbons (Fsp3) is 0.150. The average Bonchev–Trinajstić information content (AvgIpc) is 2.62. The highest BCUT2D eigenvalue weighted by Crippen LogP contribution is 2.17. The van der Waals surface area contributed by atoms with Crippen LogP contribution in [0.15, 0.2) is 69.2 Å². The molecular formula is C20H18BrN3O2S. The van der Waals surface area contributed by atoms with E-state index in [9.17, 15) is 9.59 Å². The van der Waals surface area contributed by atoms with E-state index in [-0.39, 0.29) is 17.2 Å². The Balaban J connectivity index is 1.73. The van der Waals surface area contributed by atoms with Crippen LogP contribution >= 0.6 is 27.7 Å². The molecule has 2 aromatic carbocycles. The van der Waals surface area contributed by atoms with Gasteiger partial charge in [0.2, 0.25) is 5.91 Å². The summed E-state index contributed by atoms with van der Waals surface area (Å²) < 4.78 is 2.50. The zero-order valence-corrected chi connectivity index (χ0v) is 17.3. The van der Waals surface area contributed by atoms with E-state index in [4.69, 9.17) is 0 Å². The Labute approximate surface area is 170 Å². The van der Waals surface area contributed by atoms with E-state index in [0.717, 1.165) is 33.0 Å². The number of benzene rings is 2. The van der Waals surface area contributed by atoms with Gasteiger partial charge in [-0.15, -0.1) is 0 Å². The number of aromatic nitrogens is 2. The van der Waals surface area contributed by atoms with Crippen LogP contribution in [0.3, 0.4) is 0 Å². The number of thioether (sulfide) groups is 1. The quantitative estimate of drug-likeness (QED) is 0.595. The minimum atomic E-state index is -0.232. The monoisotopic (exact) mass is 443 g/mol. The Morgan fingerprint density at radius 2 is 1.81 bits per heavy atom. The molecule has 0 aliphatic heterocycles. The Hall–Kier alpha value is -2.38. The molecule has 0 atom stereocenters. The van der Waals surface area contributed by atoms with Crippen LogP contribution in [0.2, 0.25) is 0 Å². The lowest BCUT2D eigenvalue weighted by Gasteiger charge is -2.09. The van der Waals surface area contributed by atoms with Crippen molar-refractivity contribution in [2.75, 3.05) is 11.1 Å². The van der Waals surface area contributed by atoms with Gasteiger partial charge in [0.25, 0.3) is 5.56 Å². The van der Waals surface area contributed by atoms with Gasteiger partial charge in [-0.05, 0) is 61.4 Å². The number of rotatable bonds is 5. The normalized spacial score (nSPS) is 10.6. The molecule has 1 amide bonds. The summed E-state index contributed by atoms with van der Waals surface area (Å²) in [6, 6.07) is 13.3. The number of carbonyl (C=O) groups excluding carboxylic acids is 1. The van der Waals surface area contributed by atoms with Gasteiger partial charge in [-0.1, -0.05) is 33.8 Å². The van der Waals surface area contributed by atoms with Crippen molar-refractivity contribution >= 4 is 39.3 Å². The molecule has 0 radical (unpaired) electrons. The topological polar surface area (TPSA) is 64.0 Å². The molecule has 0 unspecified atom stereocenters. The fourth-order valence-electron chi connectivity index (χ4n) is 2.65. The second-order valence-corrected chi connectivity index (χ2v) is 7.98. The van der Waals surface area contributed by atoms with Crippen LogP contribution < -0.4 is 10.9 Å². The van der Waals surface area contributed by atoms with E-state index in [1.165, 1.54) is 0 Å². The minimum Gasteiger partial charge on any atom is -0.325 e. The van der Waals surface area contributed by atoms with Gasteiger partial charge < -0.3 is 5.32 Å². The van der Waals surface area contributed by atoms with Gasteiger partial charge in [-0.3, -0.25) is 14.2 Å². The smallest absolute Gasteiger partial charge is 0.287 e. The standard InChI is InChI=1S/C20H18BrN3O2S/c1-13-9-14(2)11-17(10-13)24-8-7-22-19(20(24)26)27-12-18(25)23-16-5-3-15(21)4-6-16/h3-11H,12H2,1-2H3,(H,23,25). The maximum absolute atomic E-state index is 12.7. The molecule has 1 N–H and O–H groups in total. The van der Waals surface area contributed by atoms with E-state index in [0.29, 0.717) is 10.7 Å². The molecule has 138 valence electrons. The van der Waals surface area contributed by atoms with E-state index < -0.39 is 0 Å². The van der Waals surface area contributed by atoms with Crippen molar-refractivity contribution in [3.05, 3.63) is 80.8 Å². The first-order valence-corrected chi connectivity index (χ1v) is 10.0. The van der Waals surface area contributed by atoms with Crippen LogP contribution in [0.4, 0.5) is 5.69 Å². The lowest BCUT2D eigenvalue weighted by Crippen LogP contribution is -2.22. The van der Waals surface area contributed by atoms with Gasteiger partial charge in [0.05, 0.1) is 5.75 Å². The summed E-state index contributed by atoms with van der Waals surface area (Å²) in [4.78, 5) is 29.0. The van der Waals surface area contributed by atoms with Crippen molar-refractivity contribution in [2.45, 2.75) is 18.9 Å². The highest BCUT2D eigenvalue weighted by Gasteiger charge is 2.11. The van der Waals surface area contributed by atoms with Crippen LogP contribution in [0, 0.1) is 13.8 Å². The van der Waals surface area contributed by atoms with Crippen molar-refractivity contribution < 1.29 is 4.79 Å². The van der Waals surface area contributed by atoms with Crippen LogP contribution in [0.1, 0.15) is 11.1 Å². The molecule has 1 heterocycles. The highest BCUT2D eigenvalue weighted by molar-refractivity contribution is 9.10. The van der Waals surface area contributed by atoms with Gasteiger partial charge in [0.1, 0.15) is 0 Å². The van der Waals surface area contributed by atoms with Crippen LogP contribution in [0.5, 0.6) is 0 Å². The Kier molecular flexibility index (Phi) is 6.13. The molecule has 0 saturated carbocycles. The lowest BCUT2D eigenvalue weighted by molar-refractivity contribution is -0.113. The molecule has 0 saturated heterocycles. The van der Waals surface area contributed by atoms with E-state index >= 15 is 0 Å². The predicted octanol–water partition coefficient (Wildman–Crippen LogP) is 4.34. The van der Waals surface area contributed by atoms with Gasteiger partial charge >= 0.3 is 0 Å². The SMILES string of the molecule is Cc1cc(C)cc(-n2ccnc(SCC(=O)Nc3ccc(Br)cc3)c2=O)c1. The van der Waals surface area contributed by atoms with E-state index in [1.807, 2.05) is 38.1 Å². The molecule has 27 heavy (non-hydrogen) atoms. The van der Waals surface area contributed by atoms with Crippen molar-refractivity contribution in [1.29, 1.82) is 0 Å². The number of carbonyl (C=O) groups is 1. The number of hydrogen-bond donors (Lipinski definition) is 1. The first-order chi connectivity index (χ1) is 12.9. The lowest BCUT2D eigenvalue weighted by atomic mass is 10.1. The van der Waals surface area contributed by atoms with Crippen molar-refractivity contribution in [3.63, 3.8) is 0 Å². The molecular weight excluding hydrogens is 426 g/mol. The Morgan fingerprint density at radius 1 is 1.15 bits per heavy atom. The third-order valence-corrected chi connectivity index (χ3v) is 5.25. The molecule has 0 aliphatic carbocycles. The summed E-state index contributed by atoms with van der Waals surface area (Å²) in [7, 11) is 0. The Morgan fingerprint density at radius 3 is 2.48 bits per heavy atom. The maximum Gasteiger partial charge on any atom is 0.287 e. The van der Waals surface area contributed by atoms with E-state index in [1.54, 1.807) is 29.1 Å². The maximum atomic E-state index is 12.7. The summed E-state index contributed by atoms with van der Waals surface area (Å²) in [6.07, 6.45) is 3.22. The van der Waals surface area contributed by atoms with Crippen LogP contribution in [-0.4, -0.2) is 21.2 Å². The number of nitrogens with zero attached hydrogens (tertiary/aromatic N) is 2. The van der Waals surface area contributed by atoms with Gasteiger partial charge in [-0.2, -0.15) is 0 Å². The molecule has 0 aliphatic rings. The molecule has 1 aromatic heterocycles. The molecule has 5 nitrogen and oxygen atoms in total. The Bertz CT molecular complexity index is 1010. The third-order valence-electron chi connectivity index (χ3n) is 3.76. The number of hydrogen-bond acceptors (Lipinski definition) is 4. The summed E-state index contributed by atoms with van der Waals surface area (Å²) in [5.41, 5.74) is 3.43. The predicted molar refractivity (Wildman–Crippen MR) is 113 cm³/mol. The minimum absolute atomic E-state index is 0.106.